The van der Waals surface area contributed by atoms with Crippen molar-refractivity contribution in [2.75, 3.05) is 6.54 Å². The highest BCUT2D eigenvalue weighted by molar-refractivity contribution is 5.41. The second kappa shape index (κ2) is 5.44. The van der Waals surface area contributed by atoms with Gasteiger partial charge in [-0.1, -0.05) is 18.0 Å². The Hall–Kier alpha value is -1.82. The van der Waals surface area contributed by atoms with Crippen molar-refractivity contribution >= 4 is 0 Å². The summed E-state index contributed by atoms with van der Waals surface area (Å²) in [5, 5.41) is 7.41. The predicted molar refractivity (Wildman–Crippen MR) is 69.3 cm³/mol. The van der Waals surface area contributed by atoms with Crippen molar-refractivity contribution in [3.05, 3.63) is 23.8 Å². The zero-order valence-corrected chi connectivity index (χ0v) is 11.0. The lowest BCUT2D eigenvalue weighted by atomic mass is 10.1. The van der Waals surface area contributed by atoms with Gasteiger partial charge in [-0.3, -0.25) is 0 Å². The van der Waals surface area contributed by atoms with Crippen molar-refractivity contribution in [1.82, 2.24) is 25.4 Å². The van der Waals surface area contributed by atoms with Gasteiger partial charge in [-0.05, 0) is 31.9 Å². The monoisotopic (exact) mass is 259 g/mol. The van der Waals surface area contributed by atoms with Crippen molar-refractivity contribution in [2.24, 2.45) is 0 Å². The van der Waals surface area contributed by atoms with E-state index >= 15 is 0 Å². The van der Waals surface area contributed by atoms with Crippen LogP contribution in [0.2, 0.25) is 0 Å². The summed E-state index contributed by atoms with van der Waals surface area (Å²) in [6.45, 7) is 2.95. The molecule has 0 radical (unpaired) electrons. The molecule has 100 valence electrons. The highest BCUT2D eigenvalue weighted by Gasteiger charge is 2.21. The molecule has 19 heavy (non-hydrogen) atoms. The Morgan fingerprint density at radius 2 is 2.00 bits per heavy atom. The average Bonchev–Trinajstić information content (AvgIpc) is 2.76. The predicted octanol–water partition coefficient (Wildman–Crippen LogP) is 2.04. The lowest BCUT2D eigenvalue weighted by molar-refractivity contribution is 0.327. The molecule has 1 N–H and O–H groups in total. The van der Waals surface area contributed by atoms with Gasteiger partial charge in [-0.15, -0.1) is 0 Å². The maximum atomic E-state index is 5.34. The van der Waals surface area contributed by atoms with Gasteiger partial charge >= 0.3 is 0 Å². The van der Waals surface area contributed by atoms with Crippen LogP contribution in [0.15, 0.2) is 16.9 Å². The molecule has 1 atom stereocenters. The second-order valence-electron chi connectivity index (χ2n) is 4.90. The van der Waals surface area contributed by atoms with Crippen LogP contribution < -0.4 is 5.32 Å². The van der Waals surface area contributed by atoms with Crippen LogP contribution in [-0.4, -0.2) is 26.7 Å². The molecule has 0 bridgehead atoms. The Morgan fingerprint density at radius 3 is 2.84 bits per heavy atom. The first-order chi connectivity index (χ1) is 9.33. The maximum absolute atomic E-state index is 5.34. The number of nitrogens with zero attached hydrogens (tertiary/aromatic N) is 4. The molecule has 1 fully saturated rings. The first-order valence-corrected chi connectivity index (χ1v) is 6.69. The molecule has 3 rings (SSSR count). The molecule has 0 aliphatic carbocycles. The summed E-state index contributed by atoms with van der Waals surface area (Å²) in [6, 6.07) is 0.161. The summed E-state index contributed by atoms with van der Waals surface area (Å²) in [7, 11) is 0. The standard InChI is InChI=1S/C13H17N5O/c1-9-7-15-11(16-8-9)12-17-13(19-18-12)10-5-3-2-4-6-14-10/h7-8,10,14H,2-6H2,1H3. The Labute approximate surface area is 111 Å². The minimum Gasteiger partial charge on any atom is -0.337 e. The molecule has 0 amide bonds. The highest BCUT2D eigenvalue weighted by Crippen LogP contribution is 2.22. The van der Waals surface area contributed by atoms with E-state index in [9.17, 15) is 0 Å². The Bertz CT molecular complexity index is 528. The third-order valence-corrected chi connectivity index (χ3v) is 3.28. The minimum atomic E-state index is 0.161. The van der Waals surface area contributed by atoms with E-state index in [2.05, 4.69) is 25.4 Å². The summed E-state index contributed by atoms with van der Waals surface area (Å²) in [5.41, 5.74) is 1.01. The largest absolute Gasteiger partial charge is 0.337 e. The van der Waals surface area contributed by atoms with Crippen LogP contribution in [0.3, 0.4) is 0 Å². The smallest absolute Gasteiger partial charge is 0.244 e. The first kappa shape index (κ1) is 12.2. The molecule has 0 aromatic carbocycles. The van der Waals surface area contributed by atoms with Crippen LogP contribution in [0, 0.1) is 6.92 Å². The van der Waals surface area contributed by atoms with E-state index in [1.165, 1.54) is 19.3 Å². The van der Waals surface area contributed by atoms with Gasteiger partial charge in [0, 0.05) is 12.4 Å². The van der Waals surface area contributed by atoms with Gasteiger partial charge in [0.1, 0.15) is 0 Å². The molecular weight excluding hydrogens is 242 g/mol. The number of nitrogens with one attached hydrogen (secondary N) is 1. The van der Waals surface area contributed by atoms with Crippen molar-refractivity contribution in [2.45, 2.75) is 38.6 Å². The van der Waals surface area contributed by atoms with E-state index in [0.717, 1.165) is 18.5 Å². The molecule has 1 aliphatic heterocycles. The van der Waals surface area contributed by atoms with Crippen LogP contribution in [0.25, 0.3) is 11.6 Å². The minimum absolute atomic E-state index is 0.161. The fraction of sp³-hybridized carbons (Fsp3) is 0.538. The number of aromatic nitrogens is 4. The Kier molecular flexibility index (Phi) is 3.50. The van der Waals surface area contributed by atoms with E-state index in [1.54, 1.807) is 12.4 Å². The Balaban J connectivity index is 1.80. The van der Waals surface area contributed by atoms with Crippen molar-refractivity contribution < 1.29 is 4.52 Å². The summed E-state index contributed by atoms with van der Waals surface area (Å²) in [6.07, 6.45) is 8.20. The molecule has 2 aromatic rings. The number of hydrogen-bond donors (Lipinski definition) is 1. The average molecular weight is 259 g/mol. The summed E-state index contributed by atoms with van der Waals surface area (Å²) in [4.78, 5) is 12.8. The van der Waals surface area contributed by atoms with Crippen LogP contribution in [-0.2, 0) is 0 Å². The summed E-state index contributed by atoms with van der Waals surface area (Å²) < 4.78 is 5.34. The van der Waals surface area contributed by atoms with Crippen molar-refractivity contribution in [3.63, 3.8) is 0 Å². The molecule has 6 nitrogen and oxygen atoms in total. The van der Waals surface area contributed by atoms with Gasteiger partial charge in [0.2, 0.25) is 17.5 Å². The van der Waals surface area contributed by atoms with Crippen LogP contribution in [0.5, 0.6) is 0 Å². The zero-order valence-electron chi connectivity index (χ0n) is 11.0. The van der Waals surface area contributed by atoms with Gasteiger partial charge in [-0.2, -0.15) is 4.98 Å². The fourth-order valence-electron chi connectivity index (χ4n) is 2.21. The van der Waals surface area contributed by atoms with Crippen molar-refractivity contribution in [3.8, 4) is 11.6 Å². The van der Waals surface area contributed by atoms with Gasteiger partial charge in [0.15, 0.2) is 0 Å². The normalized spacial score (nSPS) is 20.2. The van der Waals surface area contributed by atoms with Crippen molar-refractivity contribution in [1.29, 1.82) is 0 Å². The van der Waals surface area contributed by atoms with Crippen LogP contribution in [0.4, 0.5) is 0 Å². The molecule has 2 aromatic heterocycles. The van der Waals surface area contributed by atoms with Crippen LogP contribution >= 0.6 is 0 Å². The molecule has 1 aliphatic rings. The van der Waals surface area contributed by atoms with E-state index in [4.69, 9.17) is 4.52 Å². The molecule has 3 heterocycles. The fourth-order valence-corrected chi connectivity index (χ4v) is 2.21. The summed E-state index contributed by atoms with van der Waals surface area (Å²) in [5.74, 6) is 1.61. The molecule has 0 spiro atoms. The third kappa shape index (κ3) is 2.78. The first-order valence-electron chi connectivity index (χ1n) is 6.69. The quantitative estimate of drug-likeness (QED) is 0.889. The SMILES string of the molecule is Cc1cnc(-c2noc(C3CCCCCN3)n2)nc1. The lowest BCUT2D eigenvalue weighted by Crippen LogP contribution is -2.20. The molecule has 6 heteroatoms. The lowest BCUT2D eigenvalue weighted by Gasteiger charge is -2.09. The zero-order chi connectivity index (χ0) is 13.1. The topological polar surface area (TPSA) is 76.7 Å². The third-order valence-electron chi connectivity index (χ3n) is 3.28. The van der Waals surface area contributed by atoms with E-state index in [1.807, 2.05) is 6.92 Å². The van der Waals surface area contributed by atoms with E-state index in [0.29, 0.717) is 17.5 Å². The highest BCUT2D eigenvalue weighted by atomic mass is 16.5. The van der Waals surface area contributed by atoms with E-state index < -0.39 is 0 Å². The Morgan fingerprint density at radius 1 is 1.16 bits per heavy atom. The summed E-state index contributed by atoms with van der Waals surface area (Å²) >= 11 is 0. The molecule has 1 unspecified atom stereocenters. The molecule has 1 saturated heterocycles. The second-order valence-corrected chi connectivity index (χ2v) is 4.90. The maximum Gasteiger partial charge on any atom is 0.244 e. The van der Waals surface area contributed by atoms with Gasteiger partial charge in [0.25, 0.3) is 0 Å². The van der Waals surface area contributed by atoms with Gasteiger partial charge in [0.05, 0.1) is 6.04 Å². The molecule has 0 saturated carbocycles. The number of rotatable bonds is 2. The van der Waals surface area contributed by atoms with Gasteiger partial charge in [-0.25, -0.2) is 9.97 Å². The van der Waals surface area contributed by atoms with E-state index in [-0.39, 0.29) is 6.04 Å². The number of hydrogen-bond acceptors (Lipinski definition) is 6. The molecular formula is C13H17N5O. The van der Waals surface area contributed by atoms with Gasteiger partial charge < -0.3 is 9.84 Å². The van der Waals surface area contributed by atoms with Crippen LogP contribution in [0.1, 0.15) is 43.2 Å². The number of aryl methyl sites for hydroxylation is 1.